The third kappa shape index (κ3) is 2.36. The van der Waals surface area contributed by atoms with Gasteiger partial charge >= 0.3 is 0 Å². The van der Waals surface area contributed by atoms with Crippen molar-refractivity contribution in [1.82, 2.24) is 9.88 Å². The van der Waals surface area contributed by atoms with Gasteiger partial charge in [-0.25, -0.2) is 0 Å². The molecule has 128 valence electrons. The Bertz CT molecular complexity index is 1070. The van der Waals surface area contributed by atoms with Crippen molar-refractivity contribution in [2.45, 2.75) is 12.8 Å². The minimum Gasteiger partial charge on any atom is -0.339 e. The SMILES string of the molecule is O=C1Cc2ccc(-c3cncc4ccc(C(=O)N5CCC5)cc34)cc2N1. The Kier molecular flexibility index (Phi) is 3.28. The van der Waals surface area contributed by atoms with Crippen molar-refractivity contribution in [2.24, 2.45) is 0 Å². The van der Waals surface area contributed by atoms with E-state index in [2.05, 4.69) is 10.3 Å². The van der Waals surface area contributed by atoms with E-state index in [1.165, 1.54) is 0 Å². The van der Waals surface area contributed by atoms with Gasteiger partial charge in [0.2, 0.25) is 5.91 Å². The fourth-order valence-corrected chi connectivity index (χ4v) is 3.61. The zero-order valence-electron chi connectivity index (χ0n) is 14.2. The third-order valence-electron chi connectivity index (χ3n) is 5.20. The summed E-state index contributed by atoms with van der Waals surface area (Å²) < 4.78 is 0. The van der Waals surface area contributed by atoms with Crippen LogP contribution in [0.5, 0.6) is 0 Å². The number of aromatic nitrogens is 1. The zero-order chi connectivity index (χ0) is 17.7. The number of carbonyl (C=O) groups excluding carboxylic acids is 2. The Morgan fingerprint density at radius 1 is 1.08 bits per heavy atom. The van der Waals surface area contributed by atoms with Crippen LogP contribution in [-0.4, -0.2) is 34.8 Å². The van der Waals surface area contributed by atoms with Gasteiger partial charge in [0.05, 0.1) is 6.42 Å². The van der Waals surface area contributed by atoms with Crippen molar-refractivity contribution in [2.75, 3.05) is 18.4 Å². The van der Waals surface area contributed by atoms with Gasteiger partial charge in [0.1, 0.15) is 0 Å². The predicted molar refractivity (Wildman–Crippen MR) is 100 cm³/mol. The van der Waals surface area contributed by atoms with Gasteiger partial charge in [0, 0.05) is 47.7 Å². The summed E-state index contributed by atoms with van der Waals surface area (Å²) in [5.74, 6) is 0.109. The summed E-state index contributed by atoms with van der Waals surface area (Å²) >= 11 is 0. The van der Waals surface area contributed by atoms with Gasteiger partial charge < -0.3 is 10.2 Å². The standard InChI is InChI=1S/C21H17N3O2/c25-20-10-14-3-2-13(9-19(14)23-20)18-12-22-11-16-5-4-15(8-17(16)18)21(26)24-6-1-7-24/h2-5,8-9,11-12H,1,6-7,10H2,(H,23,25). The van der Waals surface area contributed by atoms with E-state index in [9.17, 15) is 9.59 Å². The summed E-state index contributed by atoms with van der Waals surface area (Å²) in [6.45, 7) is 1.68. The molecule has 0 radical (unpaired) electrons. The van der Waals surface area contributed by atoms with Crippen molar-refractivity contribution < 1.29 is 9.59 Å². The molecular formula is C21H17N3O2. The molecule has 2 aliphatic heterocycles. The molecule has 0 aliphatic carbocycles. The number of pyridine rings is 1. The van der Waals surface area contributed by atoms with Gasteiger partial charge in [-0.05, 0) is 41.1 Å². The summed E-state index contributed by atoms with van der Waals surface area (Å²) in [6.07, 6.45) is 5.14. The number of benzene rings is 2. The average Bonchev–Trinajstić information content (AvgIpc) is 2.98. The molecule has 0 bridgehead atoms. The van der Waals surface area contributed by atoms with Gasteiger partial charge in [0.25, 0.3) is 5.91 Å². The summed E-state index contributed by atoms with van der Waals surface area (Å²) in [4.78, 5) is 30.4. The number of hydrogen-bond acceptors (Lipinski definition) is 3. The molecule has 3 heterocycles. The Morgan fingerprint density at radius 2 is 1.96 bits per heavy atom. The highest BCUT2D eigenvalue weighted by atomic mass is 16.2. The normalized spacial score (nSPS) is 15.5. The summed E-state index contributed by atoms with van der Waals surface area (Å²) in [7, 11) is 0. The molecule has 2 amide bonds. The van der Waals surface area contributed by atoms with Crippen molar-refractivity contribution in [3.05, 3.63) is 59.9 Å². The second-order valence-electron chi connectivity index (χ2n) is 6.87. The van der Waals surface area contributed by atoms with Crippen LogP contribution in [0.1, 0.15) is 22.3 Å². The molecule has 2 aliphatic rings. The Hall–Kier alpha value is -3.21. The van der Waals surface area contributed by atoms with Crippen LogP contribution in [0.15, 0.2) is 48.8 Å². The van der Waals surface area contributed by atoms with Gasteiger partial charge in [0.15, 0.2) is 0 Å². The molecule has 26 heavy (non-hydrogen) atoms. The maximum Gasteiger partial charge on any atom is 0.253 e. The first-order valence-corrected chi connectivity index (χ1v) is 8.79. The number of amides is 2. The van der Waals surface area contributed by atoms with Gasteiger partial charge in [-0.1, -0.05) is 18.2 Å². The molecule has 0 saturated carbocycles. The van der Waals surface area contributed by atoms with E-state index in [1.807, 2.05) is 53.7 Å². The number of nitrogens with zero attached hydrogens (tertiary/aromatic N) is 2. The van der Waals surface area contributed by atoms with Crippen molar-refractivity contribution in [3.63, 3.8) is 0 Å². The predicted octanol–water partition coefficient (Wildman–Crippen LogP) is 3.24. The first-order valence-electron chi connectivity index (χ1n) is 8.79. The van der Waals surface area contributed by atoms with Crippen molar-refractivity contribution in [3.8, 4) is 11.1 Å². The van der Waals surface area contributed by atoms with Crippen LogP contribution in [-0.2, 0) is 11.2 Å². The van der Waals surface area contributed by atoms with Crippen LogP contribution in [0.2, 0.25) is 0 Å². The number of likely N-dealkylation sites (tertiary alicyclic amines) is 1. The quantitative estimate of drug-likeness (QED) is 0.777. The van der Waals surface area contributed by atoms with E-state index in [4.69, 9.17) is 0 Å². The zero-order valence-corrected chi connectivity index (χ0v) is 14.2. The molecule has 1 N–H and O–H groups in total. The molecule has 3 aromatic rings. The number of anilines is 1. The lowest BCUT2D eigenvalue weighted by Crippen LogP contribution is -2.41. The van der Waals surface area contributed by atoms with Gasteiger partial charge in [-0.2, -0.15) is 0 Å². The Labute approximate surface area is 150 Å². The second kappa shape index (κ2) is 5.66. The van der Waals surface area contributed by atoms with Crippen molar-refractivity contribution in [1.29, 1.82) is 0 Å². The topological polar surface area (TPSA) is 62.3 Å². The fourth-order valence-electron chi connectivity index (χ4n) is 3.61. The van der Waals surface area contributed by atoms with Crippen molar-refractivity contribution >= 4 is 28.3 Å². The molecule has 1 fully saturated rings. The molecule has 5 rings (SSSR count). The number of fused-ring (bicyclic) bond motifs is 2. The van der Waals surface area contributed by atoms with E-state index in [0.717, 1.165) is 52.7 Å². The highest BCUT2D eigenvalue weighted by molar-refractivity contribution is 6.04. The van der Waals surface area contributed by atoms with Gasteiger partial charge in [-0.15, -0.1) is 0 Å². The first-order chi connectivity index (χ1) is 12.7. The van der Waals surface area contributed by atoms with Crippen LogP contribution >= 0.6 is 0 Å². The minimum atomic E-state index is 0.0237. The number of hydrogen-bond donors (Lipinski definition) is 1. The molecule has 1 aromatic heterocycles. The van der Waals surface area contributed by atoms with E-state index in [0.29, 0.717) is 12.0 Å². The maximum absolute atomic E-state index is 12.6. The summed E-state index contributed by atoms with van der Waals surface area (Å²) in [5, 5.41) is 4.88. The smallest absolute Gasteiger partial charge is 0.253 e. The molecule has 0 spiro atoms. The van der Waals surface area contributed by atoms with Crippen LogP contribution in [0.25, 0.3) is 21.9 Å². The van der Waals surface area contributed by atoms with E-state index >= 15 is 0 Å². The molecule has 5 nitrogen and oxygen atoms in total. The van der Waals surface area contributed by atoms with Crippen LogP contribution < -0.4 is 5.32 Å². The van der Waals surface area contributed by atoms with Gasteiger partial charge in [-0.3, -0.25) is 14.6 Å². The van der Waals surface area contributed by atoms with Crippen LogP contribution in [0.3, 0.4) is 0 Å². The van der Waals surface area contributed by atoms with E-state index < -0.39 is 0 Å². The lowest BCUT2D eigenvalue weighted by atomic mass is 9.97. The monoisotopic (exact) mass is 343 g/mol. The average molecular weight is 343 g/mol. The molecule has 5 heteroatoms. The fraction of sp³-hybridized carbons (Fsp3) is 0.190. The summed E-state index contributed by atoms with van der Waals surface area (Å²) in [6, 6.07) is 11.8. The Balaban J connectivity index is 1.62. The highest BCUT2D eigenvalue weighted by Crippen LogP contribution is 2.33. The number of carbonyl (C=O) groups is 2. The minimum absolute atomic E-state index is 0.0237. The molecule has 2 aromatic carbocycles. The third-order valence-corrected chi connectivity index (χ3v) is 5.20. The second-order valence-corrected chi connectivity index (χ2v) is 6.87. The molecule has 1 saturated heterocycles. The summed E-state index contributed by atoms with van der Waals surface area (Å²) in [5.41, 5.74) is 4.53. The largest absolute Gasteiger partial charge is 0.339 e. The molecular weight excluding hydrogens is 326 g/mol. The number of nitrogens with one attached hydrogen (secondary N) is 1. The maximum atomic E-state index is 12.6. The molecule has 0 atom stereocenters. The van der Waals surface area contributed by atoms with E-state index in [-0.39, 0.29) is 11.8 Å². The highest BCUT2D eigenvalue weighted by Gasteiger charge is 2.22. The number of rotatable bonds is 2. The van der Waals surface area contributed by atoms with Crippen LogP contribution in [0.4, 0.5) is 5.69 Å². The first kappa shape index (κ1) is 15.1. The Morgan fingerprint density at radius 3 is 2.77 bits per heavy atom. The lowest BCUT2D eigenvalue weighted by molar-refractivity contribution is -0.115. The van der Waals surface area contributed by atoms with Crippen LogP contribution in [0, 0.1) is 0 Å². The molecule has 0 unspecified atom stereocenters. The lowest BCUT2D eigenvalue weighted by Gasteiger charge is -2.31. The van der Waals surface area contributed by atoms with E-state index in [1.54, 1.807) is 0 Å².